The van der Waals surface area contributed by atoms with Crippen molar-refractivity contribution in [2.75, 3.05) is 0 Å². The van der Waals surface area contributed by atoms with Gasteiger partial charge in [0.1, 0.15) is 0 Å². The minimum atomic E-state index is -4.37. The molecule has 2 N–H and O–H groups in total. The average Bonchev–Trinajstić information content (AvgIpc) is 2.41. The van der Waals surface area contributed by atoms with Gasteiger partial charge < -0.3 is 5.73 Å². The van der Waals surface area contributed by atoms with Crippen LogP contribution in [0.1, 0.15) is 22.9 Å². The van der Waals surface area contributed by atoms with Gasteiger partial charge in [-0.2, -0.15) is 13.2 Å². The maximum absolute atomic E-state index is 12.5. The molecule has 0 aliphatic heterocycles. The van der Waals surface area contributed by atoms with Crippen LogP contribution < -0.4 is 11.3 Å². The Hall–Kier alpha value is -2.15. The van der Waals surface area contributed by atoms with Crippen LogP contribution in [0.2, 0.25) is 0 Å². The van der Waals surface area contributed by atoms with Crippen LogP contribution in [0.25, 0.3) is 0 Å². The van der Waals surface area contributed by atoms with Gasteiger partial charge in [0.25, 0.3) is 5.56 Å². The first-order chi connectivity index (χ1) is 9.77. The van der Waals surface area contributed by atoms with Gasteiger partial charge in [-0.25, -0.2) is 4.98 Å². The van der Waals surface area contributed by atoms with Gasteiger partial charge in [0.05, 0.1) is 11.9 Å². The number of halogens is 3. The Morgan fingerprint density at radius 1 is 1.29 bits per heavy atom. The third-order valence-electron chi connectivity index (χ3n) is 3.08. The molecule has 112 valence electrons. The summed E-state index contributed by atoms with van der Waals surface area (Å²) >= 11 is 0. The van der Waals surface area contributed by atoms with E-state index >= 15 is 0 Å². The molecule has 0 bridgehead atoms. The van der Waals surface area contributed by atoms with Crippen LogP contribution in [-0.4, -0.2) is 9.55 Å². The van der Waals surface area contributed by atoms with Crippen molar-refractivity contribution in [2.45, 2.75) is 25.7 Å². The second-order valence-corrected chi connectivity index (χ2v) is 4.75. The number of aromatic nitrogens is 2. The topological polar surface area (TPSA) is 60.9 Å². The fourth-order valence-electron chi connectivity index (χ4n) is 1.89. The van der Waals surface area contributed by atoms with E-state index < -0.39 is 17.8 Å². The monoisotopic (exact) mass is 297 g/mol. The molecule has 21 heavy (non-hydrogen) atoms. The fourth-order valence-corrected chi connectivity index (χ4v) is 1.89. The number of nitrogens with two attached hydrogens (primary N) is 1. The van der Waals surface area contributed by atoms with Crippen molar-refractivity contribution in [3.05, 3.63) is 63.8 Å². The summed E-state index contributed by atoms with van der Waals surface area (Å²) in [5.74, 6) is 0. The van der Waals surface area contributed by atoms with Gasteiger partial charge in [-0.3, -0.25) is 9.36 Å². The summed E-state index contributed by atoms with van der Waals surface area (Å²) in [7, 11) is 0. The molecule has 1 unspecified atom stereocenters. The Morgan fingerprint density at radius 2 is 1.90 bits per heavy atom. The van der Waals surface area contributed by atoms with Crippen LogP contribution in [0.3, 0.4) is 0 Å². The van der Waals surface area contributed by atoms with Gasteiger partial charge in [-0.15, -0.1) is 0 Å². The van der Waals surface area contributed by atoms with Crippen LogP contribution in [-0.2, 0) is 12.7 Å². The van der Waals surface area contributed by atoms with Crippen LogP contribution in [0.15, 0.2) is 41.5 Å². The van der Waals surface area contributed by atoms with E-state index in [9.17, 15) is 18.0 Å². The largest absolute Gasteiger partial charge is 0.416 e. The van der Waals surface area contributed by atoms with Crippen LogP contribution in [0, 0.1) is 6.92 Å². The normalized spacial score (nSPS) is 13.2. The highest BCUT2D eigenvalue weighted by Gasteiger charge is 2.30. The molecule has 0 aliphatic carbocycles. The number of hydrogen-bond acceptors (Lipinski definition) is 3. The lowest BCUT2D eigenvalue weighted by Crippen LogP contribution is -2.26. The first-order valence-electron chi connectivity index (χ1n) is 6.23. The Kier molecular flexibility index (Phi) is 4.13. The zero-order valence-electron chi connectivity index (χ0n) is 11.3. The second kappa shape index (κ2) is 5.69. The van der Waals surface area contributed by atoms with E-state index in [-0.39, 0.29) is 12.1 Å². The van der Waals surface area contributed by atoms with Crippen LogP contribution >= 0.6 is 0 Å². The Morgan fingerprint density at radius 3 is 2.43 bits per heavy atom. The number of benzene rings is 1. The average molecular weight is 297 g/mol. The zero-order valence-corrected chi connectivity index (χ0v) is 11.3. The molecule has 4 nitrogen and oxygen atoms in total. The molecule has 1 aromatic carbocycles. The molecule has 1 aromatic heterocycles. The number of alkyl halides is 3. The molecule has 0 saturated carbocycles. The van der Waals surface area contributed by atoms with Crippen molar-refractivity contribution in [3.63, 3.8) is 0 Å². The number of aryl methyl sites for hydroxylation is 1. The van der Waals surface area contributed by atoms with Gasteiger partial charge in [0.2, 0.25) is 0 Å². The minimum absolute atomic E-state index is 0.150. The molecular weight excluding hydrogens is 283 g/mol. The molecule has 0 amide bonds. The summed E-state index contributed by atoms with van der Waals surface area (Å²) in [6, 6.07) is 5.38. The fraction of sp³-hybridized carbons (Fsp3) is 0.286. The third-order valence-corrected chi connectivity index (χ3v) is 3.08. The van der Waals surface area contributed by atoms with Crippen molar-refractivity contribution in [3.8, 4) is 0 Å². The lowest BCUT2D eigenvalue weighted by molar-refractivity contribution is -0.137. The van der Waals surface area contributed by atoms with Crippen molar-refractivity contribution in [2.24, 2.45) is 5.73 Å². The molecule has 0 fully saturated rings. The van der Waals surface area contributed by atoms with E-state index in [0.29, 0.717) is 11.3 Å². The highest BCUT2D eigenvalue weighted by atomic mass is 19.4. The molecule has 2 aromatic rings. The SMILES string of the molecule is Cc1cc(=O)n(CC(N)c2ccc(C(F)(F)F)cc2)cn1. The van der Waals surface area contributed by atoms with E-state index in [0.717, 1.165) is 12.1 Å². The Labute approximate surface area is 119 Å². The maximum Gasteiger partial charge on any atom is 0.416 e. The number of hydrogen-bond donors (Lipinski definition) is 1. The maximum atomic E-state index is 12.5. The van der Waals surface area contributed by atoms with Crippen LogP contribution in [0.5, 0.6) is 0 Å². The molecular formula is C14H14F3N3O. The highest BCUT2D eigenvalue weighted by molar-refractivity contribution is 5.26. The molecule has 0 saturated heterocycles. The van der Waals surface area contributed by atoms with Crippen LogP contribution in [0.4, 0.5) is 13.2 Å². The third kappa shape index (κ3) is 3.69. The van der Waals surface area contributed by atoms with Gasteiger partial charge in [-0.1, -0.05) is 12.1 Å². The first-order valence-corrected chi connectivity index (χ1v) is 6.23. The predicted molar refractivity (Wildman–Crippen MR) is 71.6 cm³/mol. The quantitative estimate of drug-likeness (QED) is 0.945. The van der Waals surface area contributed by atoms with Gasteiger partial charge in [-0.05, 0) is 24.6 Å². The molecule has 0 aliphatic rings. The first kappa shape index (κ1) is 15.2. The molecule has 0 spiro atoms. The van der Waals surface area contributed by atoms with Gasteiger partial charge in [0, 0.05) is 24.3 Å². The lowest BCUT2D eigenvalue weighted by Gasteiger charge is -2.15. The summed E-state index contributed by atoms with van der Waals surface area (Å²) in [5, 5.41) is 0. The zero-order chi connectivity index (χ0) is 15.6. The Balaban J connectivity index is 2.17. The summed E-state index contributed by atoms with van der Waals surface area (Å²) in [6.45, 7) is 1.85. The van der Waals surface area contributed by atoms with Gasteiger partial charge in [0.15, 0.2) is 0 Å². The van der Waals surface area contributed by atoms with Gasteiger partial charge >= 0.3 is 6.18 Å². The summed E-state index contributed by atoms with van der Waals surface area (Å²) in [4.78, 5) is 15.7. The second-order valence-electron chi connectivity index (χ2n) is 4.75. The Bertz CT molecular complexity index is 677. The van der Waals surface area contributed by atoms with E-state index in [1.165, 1.54) is 29.1 Å². The highest BCUT2D eigenvalue weighted by Crippen LogP contribution is 2.29. The number of rotatable bonds is 3. The molecule has 0 radical (unpaired) electrons. The van der Waals surface area contributed by atoms with Crippen molar-refractivity contribution < 1.29 is 13.2 Å². The summed E-state index contributed by atoms with van der Waals surface area (Å²) in [6.07, 6.45) is -3.00. The van der Waals surface area contributed by atoms with Crippen molar-refractivity contribution in [1.82, 2.24) is 9.55 Å². The molecule has 1 atom stereocenters. The minimum Gasteiger partial charge on any atom is -0.322 e. The predicted octanol–water partition coefficient (Wildman–Crippen LogP) is 2.27. The molecule has 7 heteroatoms. The van der Waals surface area contributed by atoms with Crippen molar-refractivity contribution in [1.29, 1.82) is 0 Å². The van der Waals surface area contributed by atoms with Crippen molar-refractivity contribution >= 4 is 0 Å². The van der Waals surface area contributed by atoms with E-state index in [1.54, 1.807) is 6.92 Å². The summed E-state index contributed by atoms with van der Waals surface area (Å²) in [5.41, 5.74) is 6.07. The lowest BCUT2D eigenvalue weighted by atomic mass is 10.1. The van der Waals surface area contributed by atoms with E-state index in [1.807, 2.05) is 0 Å². The molecule has 2 rings (SSSR count). The van der Waals surface area contributed by atoms with E-state index in [4.69, 9.17) is 5.73 Å². The number of nitrogens with zero attached hydrogens (tertiary/aromatic N) is 2. The smallest absolute Gasteiger partial charge is 0.322 e. The summed E-state index contributed by atoms with van der Waals surface area (Å²) < 4.78 is 38.7. The van der Waals surface area contributed by atoms with E-state index in [2.05, 4.69) is 4.98 Å². The standard InChI is InChI=1S/C14H14F3N3O/c1-9-6-13(21)20(8-19-9)7-12(18)10-2-4-11(5-3-10)14(15,16)17/h2-6,8,12H,7,18H2,1H3. The molecule has 1 heterocycles.